The monoisotopic (exact) mass is 350 g/mol. The lowest BCUT2D eigenvalue weighted by molar-refractivity contribution is 0.102. The quantitative estimate of drug-likeness (QED) is 0.564. The number of nitrogens with zero attached hydrogens (tertiary/aromatic N) is 1. The summed E-state index contributed by atoms with van der Waals surface area (Å²) in [5.41, 5.74) is 2.06. The van der Waals surface area contributed by atoms with Crippen LogP contribution < -0.4 is 5.32 Å². The second kappa shape index (κ2) is 6.40. The summed E-state index contributed by atoms with van der Waals surface area (Å²) in [6.45, 7) is 0. The smallest absolute Gasteiger partial charge is 0.258 e. The third kappa shape index (κ3) is 3.04. The number of oxazole rings is 1. The first-order valence-electron chi connectivity index (χ1n) is 7.82. The van der Waals surface area contributed by atoms with Gasteiger partial charge in [-0.05, 0) is 48.5 Å². The van der Waals surface area contributed by atoms with Gasteiger partial charge in [-0.3, -0.25) is 4.79 Å². The molecule has 4 aromatic rings. The van der Waals surface area contributed by atoms with Crippen molar-refractivity contribution >= 4 is 22.7 Å². The van der Waals surface area contributed by atoms with Crippen LogP contribution in [0.25, 0.3) is 22.6 Å². The van der Waals surface area contributed by atoms with Crippen LogP contribution in [-0.2, 0) is 0 Å². The van der Waals surface area contributed by atoms with Gasteiger partial charge in [0.2, 0.25) is 5.89 Å². The predicted molar refractivity (Wildman–Crippen MR) is 93.8 cm³/mol. The number of benzene rings is 3. The predicted octanol–water partition coefficient (Wildman–Crippen LogP) is 5.03. The van der Waals surface area contributed by atoms with E-state index in [0.29, 0.717) is 28.2 Å². The normalized spacial score (nSPS) is 10.8. The SMILES string of the molecule is O=C(Nc1ccc(-c2nc3ccc(F)cc3o2)cc1)c1ccccc1F. The third-order valence-corrected chi connectivity index (χ3v) is 3.86. The van der Waals surface area contributed by atoms with E-state index in [1.165, 1.54) is 30.3 Å². The first-order chi connectivity index (χ1) is 12.6. The molecule has 26 heavy (non-hydrogen) atoms. The molecule has 4 rings (SSSR count). The number of hydrogen-bond donors (Lipinski definition) is 1. The summed E-state index contributed by atoms with van der Waals surface area (Å²) in [5.74, 6) is -1.17. The Morgan fingerprint density at radius 2 is 1.73 bits per heavy atom. The fourth-order valence-electron chi connectivity index (χ4n) is 2.56. The van der Waals surface area contributed by atoms with Gasteiger partial charge in [-0.25, -0.2) is 13.8 Å². The number of carbonyl (C=O) groups is 1. The van der Waals surface area contributed by atoms with E-state index in [1.807, 2.05) is 0 Å². The average molecular weight is 350 g/mol. The van der Waals surface area contributed by atoms with Crippen LogP contribution in [0.1, 0.15) is 10.4 Å². The summed E-state index contributed by atoms with van der Waals surface area (Å²) in [7, 11) is 0. The van der Waals surface area contributed by atoms with Gasteiger partial charge in [-0.2, -0.15) is 0 Å². The molecule has 0 unspecified atom stereocenters. The minimum absolute atomic E-state index is 0.0300. The van der Waals surface area contributed by atoms with Gasteiger partial charge in [-0.1, -0.05) is 12.1 Å². The molecule has 0 radical (unpaired) electrons. The van der Waals surface area contributed by atoms with Crippen molar-refractivity contribution in [3.05, 3.63) is 83.9 Å². The van der Waals surface area contributed by atoms with Crippen LogP contribution in [0.15, 0.2) is 71.1 Å². The highest BCUT2D eigenvalue weighted by Crippen LogP contribution is 2.26. The topological polar surface area (TPSA) is 55.1 Å². The molecule has 0 bridgehead atoms. The summed E-state index contributed by atoms with van der Waals surface area (Å²) in [4.78, 5) is 16.4. The zero-order chi connectivity index (χ0) is 18.1. The molecule has 3 aromatic carbocycles. The number of halogens is 2. The Hall–Kier alpha value is -3.54. The van der Waals surface area contributed by atoms with Gasteiger partial charge in [0.25, 0.3) is 5.91 Å². The Kier molecular flexibility index (Phi) is 3.93. The molecule has 0 aliphatic heterocycles. The second-order valence-corrected chi connectivity index (χ2v) is 5.64. The van der Waals surface area contributed by atoms with Crippen molar-refractivity contribution in [2.45, 2.75) is 0 Å². The van der Waals surface area contributed by atoms with Gasteiger partial charge in [-0.15, -0.1) is 0 Å². The van der Waals surface area contributed by atoms with E-state index in [-0.39, 0.29) is 5.56 Å². The Morgan fingerprint density at radius 3 is 2.50 bits per heavy atom. The number of fused-ring (bicyclic) bond motifs is 1. The van der Waals surface area contributed by atoms with E-state index < -0.39 is 17.5 Å². The molecule has 0 aliphatic carbocycles. The van der Waals surface area contributed by atoms with Crippen molar-refractivity contribution in [3.8, 4) is 11.5 Å². The van der Waals surface area contributed by atoms with Gasteiger partial charge in [0, 0.05) is 17.3 Å². The summed E-state index contributed by atoms with van der Waals surface area (Å²) < 4.78 is 32.4. The van der Waals surface area contributed by atoms with Crippen LogP contribution in [0.3, 0.4) is 0 Å². The standard InChI is InChI=1S/C20H12F2N2O2/c21-13-7-10-17-18(11-13)26-20(24-17)12-5-8-14(9-6-12)23-19(25)15-3-1-2-4-16(15)22/h1-11H,(H,23,25). The lowest BCUT2D eigenvalue weighted by Gasteiger charge is -2.06. The van der Waals surface area contributed by atoms with Gasteiger partial charge in [0.1, 0.15) is 17.2 Å². The molecule has 6 heteroatoms. The molecule has 1 amide bonds. The zero-order valence-electron chi connectivity index (χ0n) is 13.4. The van der Waals surface area contributed by atoms with Crippen molar-refractivity contribution in [2.75, 3.05) is 5.32 Å². The highest BCUT2D eigenvalue weighted by atomic mass is 19.1. The minimum Gasteiger partial charge on any atom is -0.436 e. The summed E-state index contributed by atoms with van der Waals surface area (Å²) >= 11 is 0. The van der Waals surface area contributed by atoms with E-state index in [0.717, 1.165) is 0 Å². The minimum atomic E-state index is -0.583. The lowest BCUT2D eigenvalue weighted by atomic mass is 10.1. The average Bonchev–Trinajstić information content (AvgIpc) is 3.05. The first-order valence-corrected chi connectivity index (χ1v) is 7.82. The molecule has 0 spiro atoms. The van der Waals surface area contributed by atoms with E-state index in [4.69, 9.17) is 4.42 Å². The number of nitrogens with one attached hydrogen (secondary N) is 1. The molecule has 1 heterocycles. The molecule has 0 saturated heterocycles. The van der Waals surface area contributed by atoms with E-state index in [9.17, 15) is 13.6 Å². The third-order valence-electron chi connectivity index (χ3n) is 3.86. The molecule has 0 saturated carbocycles. The Balaban J connectivity index is 1.56. The molecule has 128 valence electrons. The van der Waals surface area contributed by atoms with Crippen LogP contribution in [-0.4, -0.2) is 10.9 Å². The zero-order valence-corrected chi connectivity index (χ0v) is 13.4. The fraction of sp³-hybridized carbons (Fsp3) is 0. The first kappa shape index (κ1) is 16.0. The molecule has 0 aliphatic rings. The summed E-state index contributed by atoms with van der Waals surface area (Å²) in [6, 6.07) is 16.6. The van der Waals surface area contributed by atoms with Crippen molar-refractivity contribution in [1.82, 2.24) is 4.98 Å². The summed E-state index contributed by atoms with van der Waals surface area (Å²) in [6.07, 6.45) is 0. The number of amides is 1. The number of carbonyl (C=O) groups excluding carboxylic acids is 1. The molecule has 0 fully saturated rings. The van der Waals surface area contributed by atoms with Gasteiger partial charge in [0.05, 0.1) is 5.56 Å². The van der Waals surface area contributed by atoms with Crippen LogP contribution in [0, 0.1) is 11.6 Å². The maximum Gasteiger partial charge on any atom is 0.258 e. The Bertz CT molecular complexity index is 1100. The molecule has 0 atom stereocenters. The van der Waals surface area contributed by atoms with Crippen molar-refractivity contribution in [1.29, 1.82) is 0 Å². The lowest BCUT2D eigenvalue weighted by Crippen LogP contribution is -2.13. The van der Waals surface area contributed by atoms with E-state index >= 15 is 0 Å². The number of hydrogen-bond acceptors (Lipinski definition) is 3. The molecule has 1 aromatic heterocycles. The van der Waals surface area contributed by atoms with Crippen molar-refractivity contribution < 1.29 is 18.0 Å². The summed E-state index contributed by atoms with van der Waals surface area (Å²) in [5, 5.41) is 2.63. The fourth-order valence-corrected chi connectivity index (χ4v) is 2.56. The van der Waals surface area contributed by atoms with Gasteiger partial charge >= 0.3 is 0 Å². The largest absolute Gasteiger partial charge is 0.436 e. The highest BCUT2D eigenvalue weighted by Gasteiger charge is 2.12. The maximum absolute atomic E-state index is 13.6. The van der Waals surface area contributed by atoms with Crippen LogP contribution in [0.5, 0.6) is 0 Å². The molecule has 4 nitrogen and oxygen atoms in total. The molecule has 1 N–H and O–H groups in total. The van der Waals surface area contributed by atoms with Crippen molar-refractivity contribution in [3.63, 3.8) is 0 Å². The molecular formula is C20H12F2N2O2. The highest BCUT2D eigenvalue weighted by molar-refractivity contribution is 6.04. The van der Waals surface area contributed by atoms with Gasteiger partial charge < -0.3 is 9.73 Å². The van der Waals surface area contributed by atoms with Crippen molar-refractivity contribution in [2.24, 2.45) is 0 Å². The number of aromatic nitrogens is 1. The Labute approximate surface area is 147 Å². The Morgan fingerprint density at radius 1 is 0.962 bits per heavy atom. The van der Waals surface area contributed by atoms with Crippen LogP contribution in [0.2, 0.25) is 0 Å². The number of anilines is 1. The van der Waals surface area contributed by atoms with E-state index in [2.05, 4.69) is 10.3 Å². The van der Waals surface area contributed by atoms with Crippen LogP contribution in [0.4, 0.5) is 14.5 Å². The van der Waals surface area contributed by atoms with Gasteiger partial charge in [0.15, 0.2) is 5.58 Å². The van der Waals surface area contributed by atoms with Crippen LogP contribution >= 0.6 is 0 Å². The number of rotatable bonds is 3. The van der Waals surface area contributed by atoms with E-state index in [1.54, 1.807) is 36.4 Å². The second-order valence-electron chi connectivity index (χ2n) is 5.64. The molecular weight excluding hydrogens is 338 g/mol. The maximum atomic E-state index is 13.6.